The molecule has 0 saturated carbocycles. The fourth-order valence-corrected chi connectivity index (χ4v) is 1.88. The average Bonchev–Trinajstić information content (AvgIpc) is 2.45. The monoisotopic (exact) mass is 198 g/mol. The number of rotatable bonds is 5. The molecule has 0 spiro atoms. The highest BCUT2D eigenvalue weighted by atomic mass is 32.2. The second-order valence-corrected chi connectivity index (χ2v) is 3.96. The Morgan fingerprint density at radius 1 is 1.69 bits per heavy atom. The van der Waals surface area contributed by atoms with Crippen LogP contribution in [0.1, 0.15) is 18.6 Å². The van der Waals surface area contributed by atoms with Gasteiger partial charge in [-0.2, -0.15) is 0 Å². The van der Waals surface area contributed by atoms with Gasteiger partial charge in [-0.25, -0.2) is 0 Å². The lowest BCUT2D eigenvalue weighted by Crippen LogP contribution is -2.08. The van der Waals surface area contributed by atoms with Crippen LogP contribution in [0.15, 0.2) is 21.6 Å². The molecule has 1 heterocycles. The number of nitrogens with two attached hydrogens (primary N) is 1. The van der Waals surface area contributed by atoms with E-state index in [-0.39, 0.29) is 5.84 Å². The van der Waals surface area contributed by atoms with Crippen molar-refractivity contribution in [3.05, 3.63) is 18.1 Å². The standard InChI is InChI=1S/C9H14N2OS/c1-7-8(4-5-12-7)13-6-2-3-9(10)11/h4-5H,2-3,6H2,1H3,(H3,10,11). The Kier molecular flexibility index (Phi) is 3.89. The second kappa shape index (κ2) is 4.97. The molecule has 3 nitrogen and oxygen atoms in total. The van der Waals surface area contributed by atoms with E-state index in [1.807, 2.05) is 13.0 Å². The van der Waals surface area contributed by atoms with Crippen molar-refractivity contribution >= 4 is 17.6 Å². The molecule has 0 aliphatic rings. The lowest BCUT2D eigenvalue weighted by Gasteiger charge is -1.98. The van der Waals surface area contributed by atoms with E-state index in [1.54, 1.807) is 18.0 Å². The van der Waals surface area contributed by atoms with E-state index in [1.165, 1.54) is 4.90 Å². The Labute approximate surface area is 82.2 Å². The average molecular weight is 198 g/mol. The zero-order valence-electron chi connectivity index (χ0n) is 7.67. The second-order valence-electron chi connectivity index (χ2n) is 2.82. The Morgan fingerprint density at radius 3 is 3.00 bits per heavy atom. The molecule has 0 unspecified atom stereocenters. The van der Waals surface area contributed by atoms with E-state index in [2.05, 4.69) is 0 Å². The number of furan rings is 1. The van der Waals surface area contributed by atoms with Crippen molar-refractivity contribution < 1.29 is 4.42 Å². The van der Waals surface area contributed by atoms with Crippen LogP contribution < -0.4 is 5.73 Å². The summed E-state index contributed by atoms with van der Waals surface area (Å²) in [5.41, 5.74) is 5.24. The molecule has 72 valence electrons. The molecule has 0 saturated heterocycles. The van der Waals surface area contributed by atoms with Gasteiger partial charge >= 0.3 is 0 Å². The zero-order chi connectivity index (χ0) is 9.68. The van der Waals surface area contributed by atoms with Gasteiger partial charge in [0.2, 0.25) is 0 Å². The van der Waals surface area contributed by atoms with Crippen molar-refractivity contribution in [1.29, 1.82) is 5.41 Å². The lowest BCUT2D eigenvalue weighted by molar-refractivity contribution is 0.527. The molecule has 0 radical (unpaired) electrons. The van der Waals surface area contributed by atoms with Gasteiger partial charge < -0.3 is 10.2 Å². The quantitative estimate of drug-likeness (QED) is 0.330. The Morgan fingerprint density at radius 2 is 2.46 bits per heavy atom. The van der Waals surface area contributed by atoms with E-state index < -0.39 is 0 Å². The molecule has 0 aromatic carbocycles. The Hall–Kier alpha value is -0.900. The van der Waals surface area contributed by atoms with Crippen LogP contribution in [0.3, 0.4) is 0 Å². The highest BCUT2D eigenvalue weighted by Gasteiger charge is 2.00. The first-order valence-corrected chi connectivity index (χ1v) is 5.18. The fraction of sp³-hybridized carbons (Fsp3) is 0.444. The third-order valence-corrected chi connectivity index (χ3v) is 2.89. The van der Waals surface area contributed by atoms with E-state index in [4.69, 9.17) is 15.6 Å². The summed E-state index contributed by atoms with van der Waals surface area (Å²) in [6, 6.07) is 1.97. The van der Waals surface area contributed by atoms with Gasteiger partial charge in [-0.1, -0.05) is 0 Å². The topological polar surface area (TPSA) is 63.0 Å². The molecule has 1 aromatic rings. The van der Waals surface area contributed by atoms with Crippen LogP contribution in [0.2, 0.25) is 0 Å². The number of aryl methyl sites for hydroxylation is 1. The zero-order valence-corrected chi connectivity index (χ0v) is 8.49. The summed E-state index contributed by atoms with van der Waals surface area (Å²) >= 11 is 1.75. The van der Waals surface area contributed by atoms with Crippen molar-refractivity contribution in [3.8, 4) is 0 Å². The van der Waals surface area contributed by atoms with Crippen molar-refractivity contribution in [2.24, 2.45) is 5.73 Å². The van der Waals surface area contributed by atoms with E-state index >= 15 is 0 Å². The molecule has 4 heteroatoms. The van der Waals surface area contributed by atoms with Crippen LogP contribution in [0, 0.1) is 12.3 Å². The molecule has 0 aliphatic heterocycles. The Balaban J connectivity index is 2.20. The summed E-state index contributed by atoms with van der Waals surface area (Å²) in [5, 5.41) is 7.04. The fourth-order valence-electron chi connectivity index (χ4n) is 0.968. The number of hydrogen-bond acceptors (Lipinski definition) is 3. The van der Waals surface area contributed by atoms with Crippen LogP contribution in [0.25, 0.3) is 0 Å². The van der Waals surface area contributed by atoms with Gasteiger partial charge in [0.15, 0.2) is 0 Å². The lowest BCUT2D eigenvalue weighted by atomic mass is 10.3. The maximum absolute atomic E-state index is 7.04. The summed E-state index contributed by atoms with van der Waals surface area (Å²) in [5.74, 6) is 2.22. The molecule has 0 atom stereocenters. The van der Waals surface area contributed by atoms with Gasteiger partial charge in [-0.3, -0.25) is 5.41 Å². The first kappa shape index (κ1) is 10.2. The van der Waals surface area contributed by atoms with Gasteiger partial charge in [0, 0.05) is 11.3 Å². The SMILES string of the molecule is Cc1occc1SCCCC(=N)N. The minimum atomic E-state index is 0.268. The molecule has 13 heavy (non-hydrogen) atoms. The largest absolute Gasteiger partial charge is 0.468 e. The molecule has 0 fully saturated rings. The van der Waals surface area contributed by atoms with Gasteiger partial charge in [-0.15, -0.1) is 11.8 Å². The highest BCUT2D eigenvalue weighted by Crippen LogP contribution is 2.23. The van der Waals surface area contributed by atoms with Crippen LogP contribution >= 0.6 is 11.8 Å². The van der Waals surface area contributed by atoms with E-state index in [9.17, 15) is 0 Å². The molecule has 1 aromatic heterocycles. The first-order valence-electron chi connectivity index (χ1n) is 4.20. The summed E-state index contributed by atoms with van der Waals surface area (Å²) in [7, 11) is 0. The van der Waals surface area contributed by atoms with Gasteiger partial charge in [0.05, 0.1) is 12.1 Å². The molecule has 1 rings (SSSR count). The molecular weight excluding hydrogens is 184 g/mol. The van der Waals surface area contributed by atoms with Crippen molar-refractivity contribution in [2.45, 2.75) is 24.7 Å². The van der Waals surface area contributed by atoms with Crippen LogP contribution in [0.4, 0.5) is 0 Å². The predicted octanol–water partition coefficient (Wildman–Crippen LogP) is 2.40. The first-order chi connectivity index (χ1) is 6.20. The van der Waals surface area contributed by atoms with Crippen LogP contribution in [-0.2, 0) is 0 Å². The van der Waals surface area contributed by atoms with E-state index in [0.717, 1.165) is 17.9 Å². The summed E-state index contributed by atoms with van der Waals surface area (Å²) in [4.78, 5) is 1.18. The predicted molar refractivity (Wildman–Crippen MR) is 55.3 cm³/mol. The summed E-state index contributed by atoms with van der Waals surface area (Å²) in [6.45, 7) is 1.95. The third-order valence-electron chi connectivity index (χ3n) is 1.66. The number of hydrogen-bond donors (Lipinski definition) is 2. The molecule has 0 amide bonds. The van der Waals surface area contributed by atoms with Crippen molar-refractivity contribution in [1.82, 2.24) is 0 Å². The number of nitrogens with one attached hydrogen (secondary N) is 1. The minimum absolute atomic E-state index is 0.268. The number of amidine groups is 1. The smallest absolute Gasteiger partial charge is 0.114 e. The van der Waals surface area contributed by atoms with Gasteiger partial charge in [0.25, 0.3) is 0 Å². The normalized spacial score (nSPS) is 10.2. The minimum Gasteiger partial charge on any atom is -0.468 e. The molecular formula is C9H14N2OS. The van der Waals surface area contributed by atoms with Crippen LogP contribution in [-0.4, -0.2) is 11.6 Å². The number of thioether (sulfide) groups is 1. The highest BCUT2D eigenvalue weighted by molar-refractivity contribution is 7.99. The molecule has 0 bridgehead atoms. The molecule has 3 N–H and O–H groups in total. The molecule has 0 aliphatic carbocycles. The third kappa shape index (κ3) is 3.55. The van der Waals surface area contributed by atoms with Crippen molar-refractivity contribution in [2.75, 3.05) is 5.75 Å². The summed E-state index contributed by atoms with van der Waals surface area (Å²) < 4.78 is 5.15. The summed E-state index contributed by atoms with van der Waals surface area (Å²) in [6.07, 6.45) is 3.33. The van der Waals surface area contributed by atoms with Gasteiger partial charge in [0.1, 0.15) is 5.76 Å². The Bertz CT molecular complexity index is 283. The van der Waals surface area contributed by atoms with Gasteiger partial charge in [-0.05, 0) is 25.2 Å². The van der Waals surface area contributed by atoms with Crippen LogP contribution in [0.5, 0.6) is 0 Å². The maximum atomic E-state index is 7.04. The van der Waals surface area contributed by atoms with E-state index in [0.29, 0.717) is 6.42 Å². The van der Waals surface area contributed by atoms with Crippen molar-refractivity contribution in [3.63, 3.8) is 0 Å². The maximum Gasteiger partial charge on any atom is 0.114 e.